The minimum Gasteiger partial charge on any atom is -0.508 e. The Balaban J connectivity index is 1.68. The maximum Gasteiger partial charge on any atom is 0.203 e. The number of benzene rings is 2. The molecule has 268 valence electrons. The third-order valence-electron chi connectivity index (χ3n) is 11.3. The summed E-state index contributed by atoms with van der Waals surface area (Å²) in [5.74, 6) is -5.26. The summed E-state index contributed by atoms with van der Waals surface area (Å²) < 4.78 is 0. The topological polar surface area (TPSA) is 149 Å². The Morgan fingerprint density at radius 3 is 2.22 bits per heavy atom. The highest BCUT2D eigenvalue weighted by Gasteiger charge is 2.72. The maximum absolute atomic E-state index is 14.6. The van der Waals surface area contributed by atoms with Crippen LogP contribution in [-0.4, -0.2) is 49.2 Å². The zero-order valence-corrected chi connectivity index (χ0v) is 30.9. The van der Waals surface area contributed by atoms with Crippen LogP contribution in [0.15, 0.2) is 47.2 Å². The van der Waals surface area contributed by atoms with Crippen LogP contribution in [0.5, 0.6) is 5.75 Å². The number of carbonyl (C=O) groups is 4. The summed E-state index contributed by atoms with van der Waals surface area (Å²) in [5, 5.41) is 46.9. The number of hydrogen-bond donors (Lipinski definition) is 4. The fraction of sp³-hybridized carbons (Fsp3) is 0.524. The normalized spacial score (nSPS) is 26.6. The molecule has 1 fully saturated rings. The van der Waals surface area contributed by atoms with Gasteiger partial charge in [0.25, 0.3) is 0 Å². The summed E-state index contributed by atoms with van der Waals surface area (Å²) in [6, 6.07) is 9.40. The molecular formula is C42H52O8. The van der Waals surface area contributed by atoms with Crippen molar-refractivity contribution in [3.63, 3.8) is 0 Å². The van der Waals surface area contributed by atoms with E-state index in [0.717, 1.165) is 42.0 Å². The van der Waals surface area contributed by atoms with Crippen molar-refractivity contribution in [2.45, 2.75) is 113 Å². The van der Waals surface area contributed by atoms with Crippen molar-refractivity contribution in [3.8, 4) is 16.9 Å². The molecule has 8 nitrogen and oxygen atoms in total. The van der Waals surface area contributed by atoms with E-state index in [-0.39, 0.29) is 40.9 Å². The number of hydrogen-bond acceptors (Lipinski definition) is 8. The molecule has 2 aromatic carbocycles. The fourth-order valence-electron chi connectivity index (χ4n) is 9.48. The highest BCUT2D eigenvalue weighted by atomic mass is 16.3. The minimum absolute atomic E-state index is 0.0244. The first-order chi connectivity index (χ1) is 23.1. The van der Waals surface area contributed by atoms with Gasteiger partial charge in [-0.05, 0) is 77.8 Å². The molecule has 4 atom stereocenters. The molecule has 5 rings (SSSR count). The van der Waals surface area contributed by atoms with E-state index in [2.05, 4.69) is 39.8 Å². The van der Waals surface area contributed by atoms with Crippen molar-refractivity contribution in [1.82, 2.24) is 0 Å². The van der Waals surface area contributed by atoms with Gasteiger partial charge < -0.3 is 20.4 Å². The number of aliphatic hydroxyl groups is 3. The second-order valence-corrected chi connectivity index (χ2v) is 17.0. The summed E-state index contributed by atoms with van der Waals surface area (Å²) >= 11 is 0. The summed E-state index contributed by atoms with van der Waals surface area (Å²) in [6.45, 7) is 16.4. The van der Waals surface area contributed by atoms with Gasteiger partial charge in [0.05, 0.1) is 5.56 Å². The number of Topliss-reactive ketones (excluding diaryl/α,β-unsaturated/α-hetero) is 4. The van der Waals surface area contributed by atoms with E-state index in [1.165, 1.54) is 6.07 Å². The molecular weight excluding hydrogens is 632 g/mol. The van der Waals surface area contributed by atoms with Crippen molar-refractivity contribution in [3.05, 3.63) is 69.5 Å². The number of aryl methyl sites for hydroxylation is 2. The summed E-state index contributed by atoms with van der Waals surface area (Å²) in [6.07, 6.45) is 3.50. The van der Waals surface area contributed by atoms with Gasteiger partial charge in [-0.3, -0.25) is 19.2 Å². The molecule has 0 aliphatic heterocycles. The van der Waals surface area contributed by atoms with Crippen molar-refractivity contribution in [2.75, 3.05) is 0 Å². The Morgan fingerprint density at radius 1 is 0.980 bits per heavy atom. The lowest BCUT2D eigenvalue weighted by Gasteiger charge is -2.59. The number of rotatable bonds is 9. The van der Waals surface area contributed by atoms with E-state index >= 15 is 0 Å². The molecule has 0 amide bonds. The third kappa shape index (κ3) is 5.73. The van der Waals surface area contributed by atoms with E-state index in [0.29, 0.717) is 24.8 Å². The molecule has 0 heterocycles. The van der Waals surface area contributed by atoms with Crippen LogP contribution < -0.4 is 0 Å². The number of aliphatic hydroxyl groups excluding tert-OH is 2. The summed E-state index contributed by atoms with van der Waals surface area (Å²) in [7, 11) is 0. The van der Waals surface area contributed by atoms with Crippen LogP contribution in [0.25, 0.3) is 16.9 Å². The molecule has 1 saturated carbocycles. The van der Waals surface area contributed by atoms with Gasteiger partial charge in [-0.1, -0.05) is 86.1 Å². The maximum atomic E-state index is 14.6. The molecule has 3 aliphatic rings. The summed E-state index contributed by atoms with van der Waals surface area (Å²) in [5.41, 5.74) is -1.66. The van der Waals surface area contributed by atoms with Crippen LogP contribution in [0, 0.1) is 28.1 Å². The van der Waals surface area contributed by atoms with Crippen molar-refractivity contribution in [2.24, 2.45) is 28.1 Å². The van der Waals surface area contributed by atoms with E-state index in [4.69, 9.17) is 0 Å². The highest BCUT2D eigenvalue weighted by molar-refractivity contribution is 6.24. The monoisotopic (exact) mass is 684 g/mol. The highest BCUT2D eigenvalue weighted by Crippen LogP contribution is 2.65. The van der Waals surface area contributed by atoms with Crippen LogP contribution in [0.1, 0.15) is 110 Å². The number of fused-ring (bicyclic) bond motifs is 3. The van der Waals surface area contributed by atoms with Crippen molar-refractivity contribution in [1.29, 1.82) is 0 Å². The first-order valence-corrected chi connectivity index (χ1v) is 17.8. The van der Waals surface area contributed by atoms with E-state index in [1.54, 1.807) is 33.8 Å². The standard InChI is InChI=1S/C42H52O8/c1-10-11-24-12-13-26(18-25(24)14-15-27(44)19-39(5,6)7)28-16-17-30(45)32-29(28)20-40(8)21-41(9)33(22(2)3)35(46)31(23(4)43)37(48)42(41,50)38(49)34(40)36(32)47/h12-13,16-18,22,33,45,47-48,50H,10-11,14-15,19-21H2,1-9H3/t33?,40-,41-,42+/m1/s1. The van der Waals surface area contributed by atoms with Gasteiger partial charge in [0.2, 0.25) is 5.78 Å². The number of carbonyl (C=O) groups excluding carboxylic acids is 4. The number of phenolic OH excluding ortho intramolecular Hbond substituents is 1. The SMILES string of the molecule is CCCc1ccc(-c2ccc(O)c3c2C[C@]2(C)C[C@]4(C)C(C(C)C)C(=O)C(C(C)=O)=C(O)[C@]4(O)C(=O)C2=C3O)cc1CCC(=O)CC(C)(C)C. The quantitative estimate of drug-likeness (QED) is 0.196. The molecule has 0 bridgehead atoms. The van der Waals surface area contributed by atoms with E-state index in [9.17, 15) is 39.6 Å². The Bertz CT molecular complexity index is 1870. The lowest BCUT2D eigenvalue weighted by atomic mass is 9.43. The average Bonchev–Trinajstić information content (AvgIpc) is 2.97. The Hall–Kier alpha value is -4.04. The van der Waals surface area contributed by atoms with Gasteiger partial charge in [-0.25, -0.2) is 0 Å². The first-order valence-electron chi connectivity index (χ1n) is 17.8. The Kier molecular flexibility index (Phi) is 9.40. The minimum atomic E-state index is -2.65. The van der Waals surface area contributed by atoms with E-state index in [1.807, 2.05) is 6.07 Å². The van der Waals surface area contributed by atoms with Crippen molar-refractivity contribution >= 4 is 28.9 Å². The third-order valence-corrected chi connectivity index (χ3v) is 11.3. The summed E-state index contributed by atoms with van der Waals surface area (Å²) in [4.78, 5) is 54.0. The van der Waals surface area contributed by atoms with Gasteiger partial charge in [-0.15, -0.1) is 0 Å². The Morgan fingerprint density at radius 2 is 1.64 bits per heavy atom. The zero-order valence-electron chi connectivity index (χ0n) is 30.9. The molecule has 8 heteroatoms. The van der Waals surface area contributed by atoms with Crippen LogP contribution in [-0.2, 0) is 38.4 Å². The fourth-order valence-corrected chi connectivity index (χ4v) is 9.48. The van der Waals surface area contributed by atoms with Gasteiger partial charge in [0.15, 0.2) is 17.2 Å². The molecule has 1 unspecified atom stereocenters. The molecule has 0 radical (unpaired) electrons. The van der Waals surface area contributed by atoms with Gasteiger partial charge in [-0.2, -0.15) is 0 Å². The molecule has 3 aliphatic carbocycles. The average molecular weight is 685 g/mol. The predicted octanol–water partition coefficient (Wildman–Crippen LogP) is 7.75. The first kappa shape index (κ1) is 37.2. The van der Waals surface area contributed by atoms with Crippen molar-refractivity contribution < 1.29 is 39.6 Å². The molecule has 2 aromatic rings. The van der Waals surface area contributed by atoms with E-state index < -0.39 is 62.7 Å². The molecule has 50 heavy (non-hydrogen) atoms. The van der Waals surface area contributed by atoms with Gasteiger partial charge >= 0.3 is 0 Å². The number of ketones is 4. The lowest BCUT2D eigenvalue weighted by Crippen LogP contribution is -2.69. The molecule has 4 N–H and O–H groups in total. The predicted molar refractivity (Wildman–Crippen MR) is 193 cm³/mol. The van der Waals surface area contributed by atoms with Gasteiger partial charge in [0.1, 0.15) is 28.6 Å². The molecule has 0 spiro atoms. The van der Waals surface area contributed by atoms with Crippen LogP contribution in [0.2, 0.25) is 0 Å². The number of aromatic hydroxyl groups is 1. The second kappa shape index (κ2) is 12.6. The van der Waals surface area contributed by atoms with Gasteiger partial charge in [0, 0.05) is 35.2 Å². The lowest BCUT2D eigenvalue weighted by molar-refractivity contribution is -0.178. The smallest absolute Gasteiger partial charge is 0.203 e. The number of allylic oxidation sites excluding steroid dienone is 1. The Labute approximate surface area is 295 Å². The molecule has 0 aromatic heterocycles. The van der Waals surface area contributed by atoms with Crippen LogP contribution in [0.4, 0.5) is 0 Å². The second-order valence-electron chi connectivity index (χ2n) is 17.0. The zero-order chi connectivity index (χ0) is 37.3. The molecule has 0 saturated heterocycles. The largest absolute Gasteiger partial charge is 0.508 e. The van der Waals surface area contributed by atoms with Crippen LogP contribution >= 0.6 is 0 Å². The number of phenols is 1. The van der Waals surface area contributed by atoms with Crippen LogP contribution in [0.3, 0.4) is 0 Å².